The molecule has 0 aliphatic carbocycles. The third kappa shape index (κ3) is 4.46. The summed E-state index contributed by atoms with van der Waals surface area (Å²) in [5.74, 6) is 0.697. The van der Waals surface area contributed by atoms with Crippen molar-refractivity contribution in [2.24, 2.45) is 0 Å². The fourth-order valence-corrected chi connectivity index (χ4v) is 2.44. The zero-order valence-corrected chi connectivity index (χ0v) is 14.5. The number of carbonyl (C=O) groups excluding carboxylic acids is 1. The summed E-state index contributed by atoms with van der Waals surface area (Å²) in [6.45, 7) is 0.471. The Morgan fingerprint density at radius 2 is 1.54 bits per heavy atom. The smallest absolute Gasteiger partial charge is 0.255 e. The SMILES string of the molecule is O=C(Nc1ccc(Br)cc1)c1ccc(COc2ccccc2)cc1. The third-order valence-corrected chi connectivity index (χ3v) is 4.00. The Bertz CT molecular complexity index is 799. The maximum atomic E-state index is 12.2. The maximum Gasteiger partial charge on any atom is 0.255 e. The molecule has 0 fully saturated rings. The van der Waals surface area contributed by atoms with Gasteiger partial charge in [0.05, 0.1) is 0 Å². The second kappa shape index (κ2) is 7.79. The Labute approximate surface area is 149 Å². The van der Waals surface area contributed by atoms with Crippen LogP contribution in [0.25, 0.3) is 0 Å². The summed E-state index contributed by atoms with van der Waals surface area (Å²) in [4.78, 5) is 12.2. The molecule has 0 heterocycles. The van der Waals surface area contributed by atoms with Gasteiger partial charge in [-0.1, -0.05) is 46.3 Å². The average molecular weight is 382 g/mol. The normalized spacial score (nSPS) is 10.2. The number of carbonyl (C=O) groups is 1. The fraction of sp³-hybridized carbons (Fsp3) is 0.0500. The molecule has 0 aromatic heterocycles. The van der Waals surface area contributed by atoms with Gasteiger partial charge in [0, 0.05) is 15.7 Å². The number of anilines is 1. The Morgan fingerprint density at radius 3 is 2.21 bits per heavy atom. The quantitative estimate of drug-likeness (QED) is 0.652. The van der Waals surface area contributed by atoms with Crippen LogP contribution in [-0.4, -0.2) is 5.91 Å². The van der Waals surface area contributed by atoms with E-state index >= 15 is 0 Å². The van der Waals surface area contributed by atoms with E-state index in [0.29, 0.717) is 12.2 Å². The molecule has 0 radical (unpaired) electrons. The van der Waals surface area contributed by atoms with Crippen molar-refractivity contribution in [1.82, 2.24) is 0 Å². The lowest BCUT2D eigenvalue weighted by Crippen LogP contribution is -2.11. The molecule has 0 bridgehead atoms. The molecular formula is C20H16BrNO2. The van der Waals surface area contributed by atoms with E-state index in [4.69, 9.17) is 4.74 Å². The molecule has 0 saturated carbocycles. The van der Waals surface area contributed by atoms with Crippen LogP contribution in [0.1, 0.15) is 15.9 Å². The van der Waals surface area contributed by atoms with E-state index in [9.17, 15) is 4.79 Å². The largest absolute Gasteiger partial charge is 0.489 e. The summed E-state index contributed by atoms with van der Waals surface area (Å²) >= 11 is 3.37. The molecule has 0 unspecified atom stereocenters. The van der Waals surface area contributed by atoms with Crippen molar-refractivity contribution in [2.45, 2.75) is 6.61 Å². The number of hydrogen-bond acceptors (Lipinski definition) is 2. The lowest BCUT2D eigenvalue weighted by molar-refractivity contribution is 0.102. The van der Waals surface area contributed by atoms with Crippen LogP contribution in [-0.2, 0) is 6.61 Å². The highest BCUT2D eigenvalue weighted by Gasteiger charge is 2.06. The first kappa shape index (κ1) is 16.3. The molecule has 0 aliphatic heterocycles. The molecule has 1 N–H and O–H groups in total. The summed E-state index contributed by atoms with van der Waals surface area (Å²) in [6.07, 6.45) is 0. The monoisotopic (exact) mass is 381 g/mol. The molecule has 3 aromatic carbocycles. The molecular weight excluding hydrogens is 366 g/mol. The number of rotatable bonds is 5. The molecule has 4 heteroatoms. The van der Waals surface area contributed by atoms with E-state index in [1.807, 2.05) is 66.7 Å². The van der Waals surface area contributed by atoms with Crippen LogP contribution in [0.2, 0.25) is 0 Å². The predicted molar refractivity (Wildman–Crippen MR) is 99.3 cm³/mol. The minimum Gasteiger partial charge on any atom is -0.489 e. The zero-order valence-electron chi connectivity index (χ0n) is 12.9. The summed E-state index contributed by atoms with van der Waals surface area (Å²) < 4.78 is 6.67. The van der Waals surface area contributed by atoms with Crippen molar-refractivity contribution < 1.29 is 9.53 Å². The van der Waals surface area contributed by atoms with Crippen molar-refractivity contribution in [3.05, 3.63) is 94.5 Å². The topological polar surface area (TPSA) is 38.3 Å². The van der Waals surface area contributed by atoms with Gasteiger partial charge < -0.3 is 10.1 Å². The Hall–Kier alpha value is -2.59. The van der Waals surface area contributed by atoms with Gasteiger partial charge in [-0.3, -0.25) is 4.79 Å². The van der Waals surface area contributed by atoms with Gasteiger partial charge in [-0.25, -0.2) is 0 Å². The van der Waals surface area contributed by atoms with E-state index in [2.05, 4.69) is 21.2 Å². The zero-order chi connectivity index (χ0) is 16.8. The van der Waals surface area contributed by atoms with Crippen LogP contribution in [0, 0.1) is 0 Å². The van der Waals surface area contributed by atoms with Gasteiger partial charge >= 0.3 is 0 Å². The first-order valence-corrected chi connectivity index (χ1v) is 8.34. The Balaban J connectivity index is 1.59. The Kier molecular flexibility index (Phi) is 5.29. The number of amides is 1. The van der Waals surface area contributed by atoms with E-state index in [0.717, 1.165) is 21.5 Å². The molecule has 0 atom stereocenters. The Morgan fingerprint density at radius 1 is 0.875 bits per heavy atom. The first-order chi connectivity index (χ1) is 11.7. The summed E-state index contributed by atoms with van der Waals surface area (Å²) in [7, 11) is 0. The number of halogens is 1. The lowest BCUT2D eigenvalue weighted by Gasteiger charge is -2.08. The number of para-hydroxylation sites is 1. The lowest BCUT2D eigenvalue weighted by atomic mass is 10.1. The van der Waals surface area contributed by atoms with Crippen molar-refractivity contribution >= 4 is 27.5 Å². The molecule has 0 aliphatic rings. The van der Waals surface area contributed by atoms with Crippen LogP contribution >= 0.6 is 15.9 Å². The van der Waals surface area contributed by atoms with Crippen molar-refractivity contribution in [3.8, 4) is 5.75 Å². The van der Waals surface area contributed by atoms with E-state index < -0.39 is 0 Å². The van der Waals surface area contributed by atoms with E-state index in [1.54, 1.807) is 12.1 Å². The highest BCUT2D eigenvalue weighted by atomic mass is 79.9. The first-order valence-electron chi connectivity index (χ1n) is 7.54. The van der Waals surface area contributed by atoms with E-state index in [1.165, 1.54) is 0 Å². The summed E-state index contributed by atoms with van der Waals surface area (Å²) in [5.41, 5.74) is 2.39. The molecule has 1 amide bonds. The molecule has 3 aromatic rings. The maximum absolute atomic E-state index is 12.2. The molecule has 24 heavy (non-hydrogen) atoms. The van der Waals surface area contributed by atoms with Crippen LogP contribution < -0.4 is 10.1 Å². The standard InChI is InChI=1S/C20H16BrNO2/c21-17-10-12-18(13-11-17)22-20(23)16-8-6-15(7-9-16)14-24-19-4-2-1-3-5-19/h1-13H,14H2,(H,22,23). The van der Waals surface area contributed by atoms with Gasteiger partial charge in [0.15, 0.2) is 0 Å². The van der Waals surface area contributed by atoms with E-state index in [-0.39, 0.29) is 5.91 Å². The minimum absolute atomic E-state index is 0.132. The summed E-state index contributed by atoms with van der Waals surface area (Å²) in [5, 5.41) is 2.87. The van der Waals surface area contributed by atoms with Gasteiger partial charge in [0.1, 0.15) is 12.4 Å². The van der Waals surface area contributed by atoms with Crippen LogP contribution in [0.5, 0.6) is 5.75 Å². The molecule has 120 valence electrons. The third-order valence-electron chi connectivity index (χ3n) is 3.47. The predicted octanol–water partition coefficient (Wildman–Crippen LogP) is 5.28. The van der Waals surface area contributed by atoms with Crippen LogP contribution in [0.3, 0.4) is 0 Å². The molecule has 3 rings (SSSR count). The molecule has 3 nitrogen and oxygen atoms in total. The highest BCUT2D eigenvalue weighted by Crippen LogP contribution is 2.16. The minimum atomic E-state index is -0.132. The van der Waals surface area contributed by atoms with Gasteiger partial charge in [0.2, 0.25) is 0 Å². The average Bonchev–Trinajstić information content (AvgIpc) is 2.63. The van der Waals surface area contributed by atoms with Crippen LogP contribution in [0.4, 0.5) is 5.69 Å². The van der Waals surface area contributed by atoms with Crippen molar-refractivity contribution in [1.29, 1.82) is 0 Å². The summed E-state index contributed by atoms with van der Waals surface area (Å²) in [6, 6.07) is 24.5. The molecule has 0 saturated heterocycles. The second-order valence-corrected chi connectivity index (χ2v) is 6.18. The number of hydrogen-bond donors (Lipinski definition) is 1. The highest BCUT2D eigenvalue weighted by molar-refractivity contribution is 9.10. The van der Waals surface area contributed by atoms with Gasteiger partial charge in [-0.05, 0) is 54.1 Å². The number of benzene rings is 3. The van der Waals surface area contributed by atoms with Crippen LogP contribution in [0.15, 0.2) is 83.3 Å². The molecule has 0 spiro atoms. The number of ether oxygens (including phenoxy) is 1. The van der Waals surface area contributed by atoms with Gasteiger partial charge in [0.25, 0.3) is 5.91 Å². The van der Waals surface area contributed by atoms with Gasteiger partial charge in [-0.15, -0.1) is 0 Å². The van der Waals surface area contributed by atoms with Crippen molar-refractivity contribution in [2.75, 3.05) is 5.32 Å². The van der Waals surface area contributed by atoms with Gasteiger partial charge in [-0.2, -0.15) is 0 Å². The number of nitrogens with one attached hydrogen (secondary N) is 1. The fourth-order valence-electron chi connectivity index (χ4n) is 2.17. The second-order valence-electron chi connectivity index (χ2n) is 5.26. The van der Waals surface area contributed by atoms with Crippen molar-refractivity contribution in [3.63, 3.8) is 0 Å².